The van der Waals surface area contributed by atoms with Crippen LogP contribution < -0.4 is 16.4 Å². The number of aryl methyl sites for hydroxylation is 2. The normalized spacial score (nSPS) is 12.1. The number of hydrogen-bond acceptors (Lipinski definition) is 2. The van der Waals surface area contributed by atoms with Crippen molar-refractivity contribution in [2.75, 3.05) is 5.32 Å². The molecule has 0 spiro atoms. The van der Waals surface area contributed by atoms with Gasteiger partial charge in [0, 0.05) is 5.69 Å². The first-order valence-corrected chi connectivity index (χ1v) is 6.25. The summed E-state index contributed by atoms with van der Waals surface area (Å²) >= 11 is 0. The predicted molar refractivity (Wildman–Crippen MR) is 75.9 cm³/mol. The molecule has 0 radical (unpaired) electrons. The van der Waals surface area contributed by atoms with E-state index in [1.54, 1.807) is 0 Å². The summed E-state index contributed by atoms with van der Waals surface area (Å²) in [6.45, 7) is 7.68. The molecule has 1 atom stereocenters. The molecule has 0 saturated heterocycles. The van der Waals surface area contributed by atoms with Crippen LogP contribution in [-0.2, 0) is 4.79 Å². The fourth-order valence-corrected chi connectivity index (χ4v) is 1.73. The molecule has 5 heteroatoms. The highest BCUT2D eigenvalue weighted by atomic mass is 16.2. The Hall–Kier alpha value is -2.04. The Labute approximate surface area is 113 Å². The van der Waals surface area contributed by atoms with Crippen LogP contribution in [0.2, 0.25) is 0 Å². The lowest BCUT2D eigenvalue weighted by Gasteiger charge is -2.20. The minimum Gasteiger partial charge on any atom is -0.352 e. The zero-order chi connectivity index (χ0) is 14.6. The van der Waals surface area contributed by atoms with Crippen LogP contribution >= 0.6 is 0 Å². The molecule has 19 heavy (non-hydrogen) atoms. The van der Waals surface area contributed by atoms with Gasteiger partial charge in [-0.3, -0.25) is 4.79 Å². The van der Waals surface area contributed by atoms with E-state index in [2.05, 4.69) is 10.6 Å². The molecule has 0 aliphatic rings. The maximum absolute atomic E-state index is 12.1. The average molecular weight is 263 g/mol. The summed E-state index contributed by atoms with van der Waals surface area (Å²) in [5.41, 5.74) is 8.05. The number of hydrogen-bond donors (Lipinski definition) is 3. The van der Waals surface area contributed by atoms with E-state index in [-0.39, 0.29) is 11.8 Å². The van der Waals surface area contributed by atoms with Crippen molar-refractivity contribution in [1.29, 1.82) is 0 Å². The van der Waals surface area contributed by atoms with E-state index >= 15 is 0 Å². The highest BCUT2D eigenvalue weighted by molar-refractivity contribution is 5.97. The second-order valence-corrected chi connectivity index (χ2v) is 5.02. The number of nitrogens with one attached hydrogen (secondary N) is 2. The van der Waals surface area contributed by atoms with E-state index in [9.17, 15) is 9.59 Å². The Balaban J connectivity index is 2.81. The van der Waals surface area contributed by atoms with Gasteiger partial charge in [-0.15, -0.1) is 0 Å². The van der Waals surface area contributed by atoms with Crippen molar-refractivity contribution in [2.45, 2.75) is 33.7 Å². The molecule has 104 valence electrons. The first-order valence-electron chi connectivity index (χ1n) is 6.25. The van der Waals surface area contributed by atoms with Gasteiger partial charge in [0.05, 0.1) is 0 Å². The lowest BCUT2D eigenvalue weighted by molar-refractivity contribution is -0.118. The van der Waals surface area contributed by atoms with Crippen molar-refractivity contribution >= 4 is 17.6 Å². The second kappa shape index (κ2) is 6.22. The van der Waals surface area contributed by atoms with E-state index in [4.69, 9.17) is 5.73 Å². The minimum atomic E-state index is -0.700. The van der Waals surface area contributed by atoms with Gasteiger partial charge >= 0.3 is 6.03 Å². The molecule has 4 N–H and O–H groups in total. The van der Waals surface area contributed by atoms with Gasteiger partial charge in [0.2, 0.25) is 5.91 Å². The van der Waals surface area contributed by atoms with Crippen LogP contribution in [0.1, 0.15) is 25.0 Å². The van der Waals surface area contributed by atoms with Gasteiger partial charge in [-0.2, -0.15) is 0 Å². The number of carbonyl (C=O) groups excluding carboxylic acids is 2. The fourth-order valence-electron chi connectivity index (χ4n) is 1.73. The maximum Gasteiger partial charge on any atom is 0.312 e. The maximum atomic E-state index is 12.1. The van der Waals surface area contributed by atoms with Crippen LogP contribution in [0.5, 0.6) is 0 Å². The smallest absolute Gasteiger partial charge is 0.312 e. The Bertz CT molecular complexity index is 484. The summed E-state index contributed by atoms with van der Waals surface area (Å²) in [6, 6.07) is 4.33. The van der Waals surface area contributed by atoms with Crippen molar-refractivity contribution in [1.82, 2.24) is 5.32 Å². The molecule has 0 aliphatic carbocycles. The lowest BCUT2D eigenvalue weighted by atomic mass is 10.0. The van der Waals surface area contributed by atoms with Gasteiger partial charge in [-0.05, 0) is 43.0 Å². The van der Waals surface area contributed by atoms with Crippen molar-refractivity contribution in [2.24, 2.45) is 11.7 Å². The largest absolute Gasteiger partial charge is 0.352 e. The van der Waals surface area contributed by atoms with Crippen molar-refractivity contribution in [3.8, 4) is 0 Å². The van der Waals surface area contributed by atoms with Gasteiger partial charge in [0.1, 0.15) is 6.04 Å². The topological polar surface area (TPSA) is 84.2 Å². The third-order valence-corrected chi connectivity index (χ3v) is 3.02. The van der Waals surface area contributed by atoms with Crippen molar-refractivity contribution in [3.63, 3.8) is 0 Å². The summed E-state index contributed by atoms with van der Waals surface area (Å²) < 4.78 is 0. The van der Waals surface area contributed by atoms with Crippen molar-refractivity contribution in [3.05, 3.63) is 29.3 Å². The molecular formula is C14H21N3O2. The number of urea groups is 1. The van der Waals surface area contributed by atoms with Crippen LogP contribution in [0.4, 0.5) is 10.5 Å². The van der Waals surface area contributed by atoms with Crippen LogP contribution in [0.15, 0.2) is 18.2 Å². The van der Waals surface area contributed by atoms with Crippen LogP contribution in [0.3, 0.4) is 0 Å². The number of primary amides is 1. The third-order valence-electron chi connectivity index (χ3n) is 3.02. The number of rotatable bonds is 4. The first-order chi connectivity index (χ1) is 8.81. The molecule has 5 nitrogen and oxygen atoms in total. The van der Waals surface area contributed by atoms with Gasteiger partial charge in [0.25, 0.3) is 0 Å². The number of carbonyl (C=O) groups is 2. The number of anilines is 1. The molecule has 1 rings (SSSR count). The van der Waals surface area contributed by atoms with E-state index < -0.39 is 12.1 Å². The van der Waals surface area contributed by atoms with Gasteiger partial charge in [-0.25, -0.2) is 4.79 Å². The molecule has 1 aromatic rings. The summed E-state index contributed by atoms with van der Waals surface area (Å²) in [4.78, 5) is 23.0. The second-order valence-electron chi connectivity index (χ2n) is 5.02. The van der Waals surface area contributed by atoms with Crippen LogP contribution in [0, 0.1) is 19.8 Å². The quantitative estimate of drug-likeness (QED) is 0.775. The fraction of sp³-hybridized carbons (Fsp3) is 0.429. The summed E-state index contributed by atoms with van der Waals surface area (Å²) in [6.07, 6.45) is 0. The number of nitrogens with two attached hydrogens (primary N) is 1. The molecule has 0 unspecified atom stereocenters. The van der Waals surface area contributed by atoms with E-state index in [1.807, 2.05) is 45.9 Å². The summed E-state index contributed by atoms with van der Waals surface area (Å²) in [5.74, 6) is -0.309. The van der Waals surface area contributed by atoms with Crippen molar-refractivity contribution < 1.29 is 9.59 Å². The SMILES string of the molecule is Cc1ccc(NC(=O)[C@H](NC(N)=O)C(C)C)cc1C. The van der Waals surface area contributed by atoms with Crippen LogP contribution in [-0.4, -0.2) is 18.0 Å². The number of benzene rings is 1. The molecule has 0 aromatic heterocycles. The molecular weight excluding hydrogens is 242 g/mol. The van der Waals surface area contributed by atoms with E-state index in [0.29, 0.717) is 5.69 Å². The predicted octanol–water partition coefficient (Wildman–Crippen LogP) is 1.93. The van der Waals surface area contributed by atoms with Crippen LogP contribution in [0.25, 0.3) is 0 Å². The molecule has 3 amide bonds. The summed E-state index contributed by atoms with van der Waals surface area (Å²) in [7, 11) is 0. The Kier molecular flexibility index (Phi) is 4.92. The van der Waals surface area contributed by atoms with Gasteiger partial charge in [-0.1, -0.05) is 19.9 Å². The number of amides is 3. The molecule has 0 heterocycles. The Morgan fingerprint density at radius 3 is 2.26 bits per heavy atom. The molecule has 0 saturated carbocycles. The minimum absolute atomic E-state index is 0.0426. The average Bonchev–Trinajstić information content (AvgIpc) is 2.30. The van der Waals surface area contributed by atoms with E-state index in [0.717, 1.165) is 11.1 Å². The molecule has 0 bridgehead atoms. The highest BCUT2D eigenvalue weighted by Gasteiger charge is 2.23. The van der Waals surface area contributed by atoms with E-state index in [1.165, 1.54) is 0 Å². The monoisotopic (exact) mass is 263 g/mol. The van der Waals surface area contributed by atoms with Gasteiger partial charge in [0.15, 0.2) is 0 Å². The summed E-state index contributed by atoms with van der Waals surface area (Å²) in [5, 5.41) is 5.24. The van der Waals surface area contributed by atoms with Gasteiger partial charge < -0.3 is 16.4 Å². The first kappa shape index (κ1) is 15.0. The highest BCUT2D eigenvalue weighted by Crippen LogP contribution is 2.15. The third kappa shape index (κ3) is 4.28. The Morgan fingerprint density at radius 2 is 1.79 bits per heavy atom. The molecule has 1 aromatic carbocycles. The molecule has 0 aliphatic heterocycles. The molecule has 0 fully saturated rings. The zero-order valence-electron chi connectivity index (χ0n) is 11.8. The zero-order valence-corrected chi connectivity index (χ0v) is 11.8. The lowest BCUT2D eigenvalue weighted by Crippen LogP contribution is -2.49. The standard InChI is InChI=1S/C14H21N3O2/c1-8(2)12(17-14(15)19)13(18)16-11-6-5-9(3)10(4)7-11/h5-8,12H,1-4H3,(H,16,18)(H3,15,17,19)/t12-/m1/s1. The Morgan fingerprint density at radius 1 is 1.16 bits per heavy atom.